The molecule has 0 aliphatic heterocycles. The van der Waals surface area contributed by atoms with Gasteiger partial charge in [0.25, 0.3) is 12.3 Å². The van der Waals surface area contributed by atoms with Gasteiger partial charge in [0.1, 0.15) is 5.69 Å². The van der Waals surface area contributed by atoms with Crippen LogP contribution < -0.4 is 5.32 Å². The zero-order valence-electron chi connectivity index (χ0n) is 11.7. The lowest BCUT2D eigenvalue weighted by Crippen LogP contribution is -2.13. The second-order valence-corrected chi connectivity index (χ2v) is 4.89. The predicted molar refractivity (Wildman–Crippen MR) is 75.5 cm³/mol. The molecule has 0 aromatic carbocycles. The van der Waals surface area contributed by atoms with Crippen molar-refractivity contribution in [3.8, 4) is 0 Å². The third kappa shape index (κ3) is 3.81. The summed E-state index contributed by atoms with van der Waals surface area (Å²) >= 11 is 0. The van der Waals surface area contributed by atoms with E-state index < -0.39 is 12.3 Å². The van der Waals surface area contributed by atoms with E-state index in [0.29, 0.717) is 11.6 Å². The molecule has 21 heavy (non-hydrogen) atoms. The Kier molecular flexibility index (Phi) is 4.57. The number of pyridine rings is 2. The number of carbonyl (C=O) groups is 1. The molecule has 2 aromatic heterocycles. The molecule has 0 fully saturated rings. The van der Waals surface area contributed by atoms with E-state index in [-0.39, 0.29) is 11.3 Å². The topological polar surface area (TPSA) is 54.9 Å². The molecule has 4 nitrogen and oxygen atoms in total. The zero-order chi connectivity index (χ0) is 15.4. The van der Waals surface area contributed by atoms with Crippen molar-refractivity contribution in [1.82, 2.24) is 9.97 Å². The van der Waals surface area contributed by atoms with Gasteiger partial charge in [0.05, 0.1) is 17.4 Å². The van der Waals surface area contributed by atoms with Crippen LogP contribution in [0.5, 0.6) is 0 Å². The summed E-state index contributed by atoms with van der Waals surface area (Å²) in [6.45, 7) is 4.05. The van der Waals surface area contributed by atoms with E-state index in [0.717, 1.165) is 17.8 Å². The summed E-state index contributed by atoms with van der Waals surface area (Å²) < 4.78 is 24.8. The Bertz CT molecular complexity index is 627. The molecule has 0 bridgehead atoms. The van der Waals surface area contributed by atoms with Gasteiger partial charge in [-0.2, -0.15) is 0 Å². The Morgan fingerprint density at radius 3 is 2.52 bits per heavy atom. The minimum Gasteiger partial charge on any atom is -0.321 e. The van der Waals surface area contributed by atoms with E-state index in [1.54, 1.807) is 6.20 Å². The van der Waals surface area contributed by atoms with Crippen LogP contribution in [0.1, 0.15) is 47.8 Å². The summed E-state index contributed by atoms with van der Waals surface area (Å²) in [7, 11) is 0. The maximum absolute atomic E-state index is 12.4. The van der Waals surface area contributed by atoms with E-state index in [4.69, 9.17) is 0 Å². The first-order valence-electron chi connectivity index (χ1n) is 6.47. The largest absolute Gasteiger partial charge is 0.321 e. The monoisotopic (exact) mass is 291 g/mol. The normalized spacial score (nSPS) is 11.0. The number of rotatable bonds is 4. The SMILES string of the molecule is CC(C)c1cncc(NC(=O)c2ccc(C(F)F)nc2)c1. The molecule has 0 saturated carbocycles. The average Bonchev–Trinajstić information content (AvgIpc) is 2.47. The summed E-state index contributed by atoms with van der Waals surface area (Å²) in [5, 5.41) is 2.67. The molecule has 2 rings (SSSR count). The first kappa shape index (κ1) is 15.0. The number of nitrogens with zero attached hydrogens (tertiary/aromatic N) is 2. The minimum atomic E-state index is -2.64. The van der Waals surface area contributed by atoms with Crippen LogP contribution in [-0.2, 0) is 0 Å². The Morgan fingerprint density at radius 2 is 1.95 bits per heavy atom. The number of alkyl halides is 2. The smallest absolute Gasteiger partial charge is 0.280 e. The van der Waals surface area contributed by atoms with Crippen LogP contribution >= 0.6 is 0 Å². The summed E-state index contributed by atoms with van der Waals surface area (Å²) in [5.41, 5.74) is 1.42. The molecule has 0 aliphatic carbocycles. The molecule has 110 valence electrons. The lowest BCUT2D eigenvalue weighted by atomic mass is 10.1. The van der Waals surface area contributed by atoms with E-state index in [1.165, 1.54) is 12.3 Å². The van der Waals surface area contributed by atoms with Crippen molar-refractivity contribution in [2.45, 2.75) is 26.2 Å². The molecule has 2 heterocycles. The Balaban J connectivity index is 2.12. The lowest BCUT2D eigenvalue weighted by molar-refractivity contribution is 0.102. The minimum absolute atomic E-state index is 0.217. The third-order valence-electron chi connectivity index (χ3n) is 2.96. The third-order valence-corrected chi connectivity index (χ3v) is 2.96. The fourth-order valence-electron chi connectivity index (χ4n) is 1.71. The number of halogens is 2. The second-order valence-electron chi connectivity index (χ2n) is 4.89. The van der Waals surface area contributed by atoms with Crippen molar-refractivity contribution in [2.75, 3.05) is 5.32 Å². The first-order valence-corrected chi connectivity index (χ1v) is 6.47. The molecule has 0 aliphatic rings. The molecular formula is C15H15F2N3O. The fourth-order valence-corrected chi connectivity index (χ4v) is 1.71. The molecule has 0 unspecified atom stereocenters. The average molecular weight is 291 g/mol. The van der Waals surface area contributed by atoms with Gasteiger partial charge in [0.2, 0.25) is 0 Å². The maximum Gasteiger partial charge on any atom is 0.280 e. The molecule has 6 heteroatoms. The second kappa shape index (κ2) is 6.39. The van der Waals surface area contributed by atoms with Crippen molar-refractivity contribution in [3.63, 3.8) is 0 Å². The number of aromatic nitrogens is 2. The molecule has 0 radical (unpaired) electrons. The van der Waals surface area contributed by atoms with Crippen molar-refractivity contribution in [2.24, 2.45) is 0 Å². The molecule has 2 aromatic rings. The van der Waals surface area contributed by atoms with Crippen LogP contribution in [0.15, 0.2) is 36.8 Å². The van der Waals surface area contributed by atoms with Gasteiger partial charge in [-0.05, 0) is 29.7 Å². The van der Waals surface area contributed by atoms with Crippen molar-refractivity contribution in [3.05, 3.63) is 53.6 Å². The van der Waals surface area contributed by atoms with Gasteiger partial charge in [-0.25, -0.2) is 8.78 Å². The highest BCUT2D eigenvalue weighted by Crippen LogP contribution is 2.18. The molecule has 1 amide bonds. The Morgan fingerprint density at radius 1 is 1.19 bits per heavy atom. The molecule has 0 spiro atoms. The van der Waals surface area contributed by atoms with Gasteiger partial charge < -0.3 is 5.32 Å². The Labute approximate surface area is 121 Å². The molecule has 0 atom stereocenters. The van der Waals surface area contributed by atoms with Crippen molar-refractivity contribution >= 4 is 11.6 Å². The van der Waals surface area contributed by atoms with E-state index in [9.17, 15) is 13.6 Å². The lowest BCUT2D eigenvalue weighted by Gasteiger charge is -2.09. The quantitative estimate of drug-likeness (QED) is 0.932. The number of hydrogen-bond acceptors (Lipinski definition) is 3. The maximum atomic E-state index is 12.4. The number of hydrogen-bond donors (Lipinski definition) is 1. The first-order chi connectivity index (χ1) is 9.97. The molecule has 0 saturated heterocycles. The molecule has 1 N–H and O–H groups in total. The van der Waals surface area contributed by atoms with Crippen molar-refractivity contribution in [1.29, 1.82) is 0 Å². The number of carbonyl (C=O) groups excluding carboxylic acids is 1. The summed E-state index contributed by atoms with van der Waals surface area (Å²) in [6, 6.07) is 4.29. The standard InChI is InChI=1S/C15H15F2N3O/c1-9(2)11-5-12(8-18-6-11)20-15(21)10-3-4-13(14(16)17)19-7-10/h3-9,14H,1-2H3,(H,20,21). The zero-order valence-corrected chi connectivity index (χ0v) is 11.7. The highest BCUT2D eigenvalue weighted by atomic mass is 19.3. The van der Waals surface area contributed by atoms with Gasteiger partial charge in [-0.3, -0.25) is 14.8 Å². The highest BCUT2D eigenvalue weighted by Gasteiger charge is 2.12. The van der Waals surface area contributed by atoms with Crippen LogP contribution in [0, 0.1) is 0 Å². The number of nitrogens with one attached hydrogen (secondary N) is 1. The van der Waals surface area contributed by atoms with Crippen molar-refractivity contribution < 1.29 is 13.6 Å². The van der Waals surface area contributed by atoms with Gasteiger partial charge in [0.15, 0.2) is 0 Å². The van der Waals surface area contributed by atoms with Gasteiger partial charge in [0, 0.05) is 12.4 Å². The van der Waals surface area contributed by atoms with Crippen LogP contribution in [-0.4, -0.2) is 15.9 Å². The summed E-state index contributed by atoms with van der Waals surface area (Å²) in [6.07, 6.45) is 1.76. The number of anilines is 1. The van der Waals surface area contributed by atoms with Crippen LogP contribution in [0.25, 0.3) is 0 Å². The fraction of sp³-hybridized carbons (Fsp3) is 0.267. The van der Waals surface area contributed by atoms with E-state index in [2.05, 4.69) is 15.3 Å². The van der Waals surface area contributed by atoms with Gasteiger partial charge in [-0.15, -0.1) is 0 Å². The van der Waals surface area contributed by atoms with Crippen LogP contribution in [0.4, 0.5) is 14.5 Å². The molecular weight excluding hydrogens is 276 g/mol. The van der Waals surface area contributed by atoms with Crippen LogP contribution in [0.2, 0.25) is 0 Å². The van der Waals surface area contributed by atoms with E-state index >= 15 is 0 Å². The van der Waals surface area contributed by atoms with Gasteiger partial charge >= 0.3 is 0 Å². The Hall–Kier alpha value is -2.37. The highest BCUT2D eigenvalue weighted by molar-refractivity contribution is 6.03. The summed E-state index contributed by atoms with van der Waals surface area (Å²) in [4.78, 5) is 19.6. The van der Waals surface area contributed by atoms with E-state index in [1.807, 2.05) is 19.9 Å². The van der Waals surface area contributed by atoms with Gasteiger partial charge in [-0.1, -0.05) is 13.8 Å². The predicted octanol–water partition coefficient (Wildman–Crippen LogP) is 3.79. The number of amides is 1. The van der Waals surface area contributed by atoms with Crippen LogP contribution in [0.3, 0.4) is 0 Å². The summed E-state index contributed by atoms with van der Waals surface area (Å²) in [5.74, 6) is -0.118.